The van der Waals surface area contributed by atoms with Crippen LogP contribution in [0.4, 0.5) is 0 Å². The van der Waals surface area contributed by atoms with E-state index in [2.05, 4.69) is 0 Å². The number of hydrogen-bond donors (Lipinski definition) is 3. The van der Waals surface area contributed by atoms with Gasteiger partial charge in [-0.3, -0.25) is 4.79 Å². The van der Waals surface area contributed by atoms with Gasteiger partial charge in [-0.2, -0.15) is 4.72 Å². The van der Waals surface area contributed by atoms with Crippen LogP contribution < -0.4 is 14.2 Å². The molecular formula is C23H23NO7S. The number of carbonyl (C=O) groups is 1. The van der Waals surface area contributed by atoms with Crippen LogP contribution in [0.15, 0.2) is 83.8 Å². The van der Waals surface area contributed by atoms with Gasteiger partial charge < -0.3 is 19.7 Å². The van der Waals surface area contributed by atoms with Crippen molar-refractivity contribution in [2.45, 2.75) is 17.0 Å². The van der Waals surface area contributed by atoms with Crippen LogP contribution in [-0.4, -0.2) is 50.5 Å². The van der Waals surface area contributed by atoms with Gasteiger partial charge >= 0.3 is 5.97 Å². The maximum atomic E-state index is 12.7. The van der Waals surface area contributed by atoms with E-state index >= 15 is 0 Å². The molecule has 0 unspecified atom stereocenters. The monoisotopic (exact) mass is 457 g/mol. The van der Waals surface area contributed by atoms with Gasteiger partial charge in [-0.05, 0) is 47.5 Å². The molecule has 32 heavy (non-hydrogen) atoms. The minimum Gasteiger partial charge on any atom is -0.497 e. The lowest BCUT2D eigenvalue weighted by Gasteiger charge is -2.21. The second-order valence-electron chi connectivity index (χ2n) is 6.88. The van der Waals surface area contributed by atoms with E-state index in [4.69, 9.17) is 9.47 Å². The molecule has 3 N–H and O–H groups in total. The fourth-order valence-electron chi connectivity index (χ4n) is 2.93. The second kappa shape index (κ2) is 10.3. The highest BCUT2D eigenvalue weighted by Crippen LogP contribution is 2.24. The lowest BCUT2D eigenvalue weighted by atomic mass is 10.1. The summed E-state index contributed by atoms with van der Waals surface area (Å²) in [6.45, 7) is -0.403. The number of nitrogens with one attached hydrogen (secondary N) is 1. The minimum absolute atomic E-state index is 0.128. The average Bonchev–Trinajstić information content (AvgIpc) is 2.81. The number of hydrogen-bond acceptors (Lipinski definition) is 6. The molecule has 168 valence electrons. The molecule has 0 saturated heterocycles. The first-order chi connectivity index (χ1) is 15.3. The van der Waals surface area contributed by atoms with Gasteiger partial charge in [0.15, 0.2) is 0 Å². The van der Waals surface area contributed by atoms with Gasteiger partial charge in [0.05, 0.1) is 12.0 Å². The number of aliphatic hydroxyl groups excluding tert-OH is 1. The zero-order chi connectivity index (χ0) is 23.1. The third-order valence-electron chi connectivity index (χ3n) is 4.68. The first-order valence-corrected chi connectivity index (χ1v) is 11.1. The van der Waals surface area contributed by atoms with Gasteiger partial charge in [0.25, 0.3) is 0 Å². The average molecular weight is 458 g/mol. The van der Waals surface area contributed by atoms with E-state index in [0.29, 0.717) is 11.5 Å². The third-order valence-corrected chi connectivity index (χ3v) is 6.14. The van der Waals surface area contributed by atoms with E-state index in [9.17, 15) is 23.4 Å². The summed E-state index contributed by atoms with van der Waals surface area (Å²) in [6, 6.07) is 19.9. The number of sulfonamides is 1. The Bertz CT molecular complexity index is 1130. The van der Waals surface area contributed by atoms with Crippen LogP contribution in [0.2, 0.25) is 0 Å². The smallest absolute Gasteiger partial charge is 0.324 e. The van der Waals surface area contributed by atoms with Gasteiger partial charge in [-0.25, -0.2) is 8.42 Å². The molecule has 8 nitrogen and oxygen atoms in total. The van der Waals surface area contributed by atoms with Crippen molar-refractivity contribution in [2.75, 3.05) is 13.7 Å². The fraction of sp³-hybridized carbons (Fsp3) is 0.174. The molecule has 0 fully saturated rings. The SMILES string of the molecule is COc1ccc(-c2ccc(S(=O)(=O)N[C@@H](C(=O)O)[C@H](O)COc3ccccc3)cc2)cc1. The fourth-order valence-corrected chi connectivity index (χ4v) is 4.16. The van der Waals surface area contributed by atoms with Crippen molar-refractivity contribution in [1.29, 1.82) is 0 Å². The first kappa shape index (κ1) is 23.3. The van der Waals surface area contributed by atoms with E-state index in [1.165, 1.54) is 12.1 Å². The van der Waals surface area contributed by atoms with Crippen LogP contribution in [0, 0.1) is 0 Å². The van der Waals surface area contributed by atoms with Crippen molar-refractivity contribution >= 4 is 16.0 Å². The van der Waals surface area contributed by atoms with E-state index in [0.717, 1.165) is 11.1 Å². The number of para-hydroxylation sites is 1. The van der Waals surface area contributed by atoms with Gasteiger partial charge in [0.2, 0.25) is 10.0 Å². The van der Waals surface area contributed by atoms with Crippen molar-refractivity contribution < 1.29 is 32.9 Å². The summed E-state index contributed by atoms with van der Waals surface area (Å²) >= 11 is 0. The molecule has 0 bridgehead atoms. The highest BCUT2D eigenvalue weighted by molar-refractivity contribution is 7.89. The molecule has 9 heteroatoms. The molecule has 0 aromatic heterocycles. The third kappa shape index (κ3) is 5.85. The van der Waals surface area contributed by atoms with Crippen LogP contribution in [0.1, 0.15) is 0 Å². The molecule has 3 aromatic carbocycles. The van der Waals surface area contributed by atoms with E-state index in [1.54, 1.807) is 61.7 Å². The lowest BCUT2D eigenvalue weighted by Crippen LogP contribution is -2.50. The normalized spacial score (nSPS) is 13.2. The van der Waals surface area contributed by atoms with Gasteiger partial charge in [0, 0.05) is 0 Å². The molecule has 0 radical (unpaired) electrons. The highest BCUT2D eigenvalue weighted by Gasteiger charge is 2.32. The summed E-state index contributed by atoms with van der Waals surface area (Å²) in [6.07, 6.45) is -1.61. The number of carboxylic acid groups (broad SMARTS) is 1. The standard InChI is InChI=1S/C23H23NO7S/c1-30-18-11-7-16(8-12-18)17-9-13-20(14-10-17)32(28,29)24-22(23(26)27)21(25)15-31-19-5-3-2-4-6-19/h2-14,21-22,24-25H,15H2,1H3,(H,26,27)/t21-,22-/m1/s1. The quantitative estimate of drug-likeness (QED) is 0.428. The summed E-state index contributed by atoms with van der Waals surface area (Å²) in [7, 11) is -2.64. The molecule has 3 rings (SSSR count). The molecule has 0 amide bonds. The molecule has 0 aliphatic rings. The number of aliphatic carboxylic acids is 1. The van der Waals surface area contributed by atoms with E-state index in [1.807, 2.05) is 16.9 Å². The number of benzene rings is 3. The zero-order valence-corrected chi connectivity index (χ0v) is 18.0. The van der Waals surface area contributed by atoms with E-state index in [-0.39, 0.29) is 4.90 Å². The number of rotatable bonds is 10. The first-order valence-electron chi connectivity index (χ1n) is 9.66. The van der Waals surface area contributed by atoms with Crippen LogP contribution >= 0.6 is 0 Å². The Balaban J connectivity index is 1.71. The molecule has 2 atom stereocenters. The lowest BCUT2D eigenvalue weighted by molar-refractivity contribution is -0.142. The number of carboxylic acids is 1. The molecule has 0 aliphatic carbocycles. The zero-order valence-electron chi connectivity index (χ0n) is 17.2. The Morgan fingerprint density at radius 1 is 0.906 bits per heavy atom. The van der Waals surface area contributed by atoms with Gasteiger partial charge in [0.1, 0.15) is 30.3 Å². The largest absolute Gasteiger partial charge is 0.497 e. The summed E-state index contributed by atoms with van der Waals surface area (Å²) in [5.41, 5.74) is 1.64. The van der Waals surface area contributed by atoms with Crippen molar-refractivity contribution in [3.63, 3.8) is 0 Å². The number of aliphatic hydroxyl groups is 1. The Kier molecular flexibility index (Phi) is 7.47. The molecule has 0 saturated carbocycles. The van der Waals surface area contributed by atoms with Crippen LogP contribution in [-0.2, 0) is 14.8 Å². The second-order valence-corrected chi connectivity index (χ2v) is 8.60. The summed E-state index contributed by atoms with van der Waals surface area (Å²) in [5.74, 6) is -0.396. The molecule has 3 aromatic rings. The predicted molar refractivity (Wildman–Crippen MR) is 118 cm³/mol. The summed E-state index contributed by atoms with van der Waals surface area (Å²) < 4.78 is 37.9. The summed E-state index contributed by atoms with van der Waals surface area (Å²) in [4.78, 5) is 11.5. The highest BCUT2D eigenvalue weighted by atomic mass is 32.2. The molecular weight excluding hydrogens is 434 g/mol. The Morgan fingerprint density at radius 3 is 2.00 bits per heavy atom. The van der Waals surface area contributed by atoms with Crippen LogP contribution in [0.3, 0.4) is 0 Å². The number of methoxy groups -OCH3 is 1. The molecule has 0 heterocycles. The van der Waals surface area contributed by atoms with Gasteiger partial charge in [-0.1, -0.05) is 42.5 Å². The van der Waals surface area contributed by atoms with Crippen molar-refractivity contribution in [1.82, 2.24) is 4.72 Å². The topological polar surface area (TPSA) is 122 Å². The Morgan fingerprint density at radius 2 is 1.47 bits per heavy atom. The predicted octanol–water partition coefficient (Wildman–Crippen LogP) is 2.53. The molecule has 0 aliphatic heterocycles. The summed E-state index contributed by atoms with van der Waals surface area (Å²) in [5, 5.41) is 19.7. The maximum absolute atomic E-state index is 12.7. The van der Waals surface area contributed by atoms with Crippen LogP contribution in [0.25, 0.3) is 11.1 Å². The Labute approximate surface area is 186 Å². The van der Waals surface area contributed by atoms with Gasteiger partial charge in [-0.15, -0.1) is 0 Å². The Hall–Kier alpha value is -3.40. The number of ether oxygens (including phenoxy) is 2. The van der Waals surface area contributed by atoms with Crippen molar-refractivity contribution in [3.05, 3.63) is 78.9 Å². The molecule has 0 spiro atoms. The van der Waals surface area contributed by atoms with Crippen molar-refractivity contribution in [3.8, 4) is 22.6 Å². The van der Waals surface area contributed by atoms with Crippen molar-refractivity contribution in [2.24, 2.45) is 0 Å². The van der Waals surface area contributed by atoms with E-state index < -0.39 is 34.7 Å². The maximum Gasteiger partial charge on any atom is 0.324 e. The van der Waals surface area contributed by atoms with Crippen LogP contribution in [0.5, 0.6) is 11.5 Å². The minimum atomic E-state index is -4.21.